The van der Waals surface area contributed by atoms with Gasteiger partial charge in [-0.05, 0) is 30.0 Å². The Kier molecular flexibility index (Phi) is 12.7. The van der Waals surface area contributed by atoms with Gasteiger partial charge in [-0.3, -0.25) is 4.79 Å². The van der Waals surface area contributed by atoms with Crippen LogP contribution < -0.4 is 5.32 Å². The number of rotatable bonds is 10. The summed E-state index contributed by atoms with van der Waals surface area (Å²) in [6.45, 7) is 9.94. The molecule has 35 heavy (non-hydrogen) atoms. The predicted molar refractivity (Wildman–Crippen MR) is 127 cm³/mol. The highest BCUT2D eigenvalue weighted by molar-refractivity contribution is 7.89. The SMILES string of the molecule is CCCCCN(CCC(=O)N1CCNCC1)S(=O)(=O)c1ccc(C(C)C)cc1.O=C(O)C(F)(F)F. The number of carboxylic acids is 1. The molecule has 1 aromatic carbocycles. The Morgan fingerprint density at radius 2 is 1.63 bits per heavy atom. The van der Waals surface area contributed by atoms with E-state index in [0.29, 0.717) is 30.4 Å². The van der Waals surface area contributed by atoms with Crippen LogP contribution in [0.3, 0.4) is 0 Å². The number of piperazine rings is 1. The van der Waals surface area contributed by atoms with Gasteiger partial charge in [0.2, 0.25) is 15.9 Å². The van der Waals surface area contributed by atoms with E-state index in [1.165, 1.54) is 4.31 Å². The second-order valence-electron chi connectivity index (χ2n) is 8.52. The molecular weight excluding hydrogens is 487 g/mol. The maximum atomic E-state index is 13.2. The van der Waals surface area contributed by atoms with Crippen molar-refractivity contribution in [3.05, 3.63) is 29.8 Å². The van der Waals surface area contributed by atoms with E-state index < -0.39 is 22.2 Å². The molecule has 1 fully saturated rings. The topological polar surface area (TPSA) is 107 Å². The molecule has 0 aromatic heterocycles. The fourth-order valence-corrected chi connectivity index (χ4v) is 4.84. The number of hydrogen-bond donors (Lipinski definition) is 2. The molecule has 0 aliphatic carbocycles. The minimum Gasteiger partial charge on any atom is -0.475 e. The van der Waals surface area contributed by atoms with Crippen LogP contribution in [0.5, 0.6) is 0 Å². The van der Waals surface area contributed by atoms with Crippen LogP contribution in [-0.2, 0) is 19.6 Å². The third kappa shape index (κ3) is 10.5. The highest BCUT2D eigenvalue weighted by atomic mass is 32.2. The molecule has 1 aliphatic rings. The Morgan fingerprint density at radius 3 is 2.09 bits per heavy atom. The van der Waals surface area contributed by atoms with E-state index in [1.54, 1.807) is 12.1 Å². The Labute approximate surface area is 205 Å². The van der Waals surface area contributed by atoms with E-state index in [0.717, 1.165) is 37.9 Å². The number of carboxylic acid groups (broad SMARTS) is 1. The smallest absolute Gasteiger partial charge is 0.475 e. The normalized spacial score (nSPS) is 14.6. The quantitative estimate of drug-likeness (QED) is 0.455. The van der Waals surface area contributed by atoms with Gasteiger partial charge >= 0.3 is 12.1 Å². The van der Waals surface area contributed by atoms with Crippen LogP contribution in [0.2, 0.25) is 0 Å². The van der Waals surface area contributed by atoms with Crippen LogP contribution in [0.1, 0.15) is 57.9 Å². The minimum atomic E-state index is -5.08. The van der Waals surface area contributed by atoms with E-state index in [2.05, 4.69) is 26.1 Å². The summed E-state index contributed by atoms with van der Waals surface area (Å²) in [7, 11) is -3.60. The van der Waals surface area contributed by atoms with Crippen LogP contribution in [0.4, 0.5) is 13.2 Å². The molecule has 2 N–H and O–H groups in total. The van der Waals surface area contributed by atoms with Crippen molar-refractivity contribution >= 4 is 21.9 Å². The predicted octanol–water partition coefficient (Wildman–Crippen LogP) is 3.45. The minimum absolute atomic E-state index is 0.0346. The molecule has 12 heteroatoms. The number of amides is 1. The van der Waals surface area contributed by atoms with Gasteiger partial charge in [-0.25, -0.2) is 13.2 Å². The molecule has 1 amide bonds. The highest BCUT2D eigenvalue weighted by Gasteiger charge is 2.38. The van der Waals surface area contributed by atoms with Crippen molar-refractivity contribution in [1.29, 1.82) is 0 Å². The summed E-state index contributed by atoms with van der Waals surface area (Å²) in [5, 5.41) is 10.4. The number of carbonyl (C=O) groups is 2. The van der Waals surface area contributed by atoms with E-state index in [4.69, 9.17) is 9.90 Å². The van der Waals surface area contributed by atoms with Gasteiger partial charge in [-0.2, -0.15) is 17.5 Å². The first-order chi connectivity index (χ1) is 16.3. The first-order valence-corrected chi connectivity index (χ1v) is 13.1. The van der Waals surface area contributed by atoms with Crippen molar-refractivity contribution in [2.75, 3.05) is 39.3 Å². The summed E-state index contributed by atoms with van der Waals surface area (Å²) in [6, 6.07) is 7.15. The molecule has 200 valence electrons. The van der Waals surface area contributed by atoms with Crippen LogP contribution >= 0.6 is 0 Å². The van der Waals surface area contributed by atoms with Crippen molar-refractivity contribution in [2.24, 2.45) is 0 Å². The van der Waals surface area contributed by atoms with Gasteiger partial charge in [0.15, 0.2) is 0 Å². The highest BCUT2D eigenvalue weighted by Crippen LogP contribution is 2.21. The summed E-state index contributed by atoms with van der Waals surface area (Å²) < 4.78 is 59.6. The number of alkyl halides is 3. The maximum Gasteiger partial charge on any atom is 0.490 e. The molecule has 0 saturated carbocycles. The number of nitrogens with one attached hydrogen (secondary N) is 1. The number of unbranched alkanes of at least 4 members (excludes halogenated alkanes) is 2. The van der Waals surface area contributed by atoms with Crippen molar-refractivity contribution in [3.8, 4) is 0 Å². The van der Waals surface area contributed by atoms with Gasteiger partial charge in [-0.1, -0.05) is 45.7 Å². The Hall–Kier alpha value is -2.18. The molecule has 0 spiro atoms. The number of sulfonamides is 1. The molecule has 1 heterocycles. The van der Waals surface area contributed by atoms with E-state index in [1.807, 2.05) is 17.0 Å². The molecule has 0 unspecified atom stereocenters. The number of hydrogen-bond acceptors (Lipinski definition) is 5. The molecule has 0 atom stereocenters. The summed E-state index contributed by atoms with van der Waals surface area (Å²) in [5.74, 6) is -2.37. The molecule has 1 aromatic rings. The van der Waals surface area contributed by atoms with Crippen molar-refractivity contribution in [1.82, 2.24) is 14.5 Å². The average molecular weight is 524 g/mol. The lowest BCUT2D eigenvalue weighted by Crippen LogP contribution is -2.47. The van der Waals surface area contributed by atoms with Crippen LogP contribution in [0.25, 0.3) is 0 Å². The Bertz CT molecular complexity index is 900. The van der Waals surface area contributed by atoms with Gasteiger partial charge in [0, 0.05) is 45.7 Å². The number of carbonyl (C=O) groups excluding carboxylic acids is 1. The Morgan fingerprint density at radius 1 is 1.09 bits per heavy atom. The summed E-state index contributed by atoms with van der Waals surface area (Å²) >= 11 is 0. The van der Waals surface area contributed by atoms with Crippen LogP contribution in [0.15, 0.2) is 29.2 Å². The molecule has 1 saturated heterocycles. The lowest BCUT2D eigenvalue weighted by atomic mass is 10.0. The lowest BCUT2D eigenvalue weighted by Gasteiger charge is -2.29. The second kappa shape index (κ2) is 14.4. The zero-order valence-corrected chi connectivity index (χ0v) is 21.3. The zero-order chi connectivity index (χ0) is 26.6. The first-order valence-electron chi connectivity index (χ1n) is 11.7. The molecule has 0 bridgehead atoms. The van der Waals surface area contributed by atoms with Crippen molar-refractivity contribution in [3.63, 3.8) is 0 Å². The lowest BCUT2D eigenvalue weighted by molar-refractivity contribution is -0.192. The average Bonchev–Trinajstić information content (AvgIpc) is 2.81. The molecule has 2 rings (SSSR count). The first kappa shape index (κ1) is 30.9. The van der Waals surface area contributed by atoms with Crippen LogP contribution in [0, 0.1) is 0 Å². The monoisotopic (exact) mass is 523 g/mol. The number of aliphatic carboxylic acids is 1. The maximum absolute atomic E-state index is 13.2. The summed E-state index contributed by atoms with van der Waals surface area (Å²) in [5.41, 5.74) is 1.12. The third-order valence-electron chi connectivity index (χ3n) is 5.48. The zero-order valence-electron chi connectivity index (χ0n) is 20.5. The molecule has 8 nitrogen and oxygen atoms in total. The fourth-order valence-electron chi connectivity index (χ4n) is 3.36. The largest absolute Gasteiger partial charge is 0.490 e. The standard InChI is InChI=1S/C21H35N3O3S.C2HF3O2/c1-4-5-6-14-24(15-11-21(25)23-16-12-22-13-17-23)28(26,27)20-9-7-19(8-10-20)18(2)3;3-2(4,5)1(6)7/h7-10,18,22H,4-6,11-17H2,1-3H3;(H,6,7). The van der Waals surface area contributed by atoms with Gasteiger partial charge in [0.05, 0.1) is 4.90 Å². The van der Waals surface area contributed by atoms with Crippen molar-refractivity contribution in [2.45, 2.75) is 63.4 Å². The second-order valence-corrected chi connectivity index (χ2v) is 10.5. The van der Waals surface area contributed by atoms with Gasteiger partial charge in [-0.15, -0.1) is 0 Å². The summed E-state index contributed by atoms with van der Waals surface area (Å²) in [6.07, 6.45) is -2.04. The molecular formula is C23H36F3N3O5S. The van der Waals surface area contributed by atoms with Gasteiger partial charge in [0.25, 0.3) is 0 Å². The van der Waals surface area contributed by atoms with E-state index in [-0.39, 0.29) is 18.9 Å². The van der Waals surface area contributed by atoms with Crippen molar-refractivity contribution < 1.29 is 36.3 Å². The van der Waals surface area contributed by atoms with E-state index >= 15 is 0 Å². The number of halogens is 3. The van der Waals surface area contributed by atoms with Gasteiger partial charge < -0.3 is 15.3 Å². The number of benzene rings is 1. The fraction of sp³-hybridized carbons (Fsp3) is 0.652. The molecule has 0 radical (unpaired) electrons. The third-order valence-corrected chi connectivity index (χ3v) is 7.40. The number of nitrogens with zero attached hydrogens (tertiary/aromatic N) is 2. The van der Waals surface area contributed by atoms with E-state index in [9.17, 15) is 26.4 Å². The van der Waals surface area contributed by atoms with Crippen LogP contribution in [-0.4, -0.2) is 80.1 Å². The Balaban J connectivity index is 0.000000762. The molecule has 1 aliphatic heterocycles. The summed E-state index contributed by atoms with van der Waals surface area (Å²) in [4.78, 5) is 23.5. The van der Waals surface area contributed by atoms with Gasteiger partial charge in [0.1, 0.15) is 0 Å².